The summed E-state index contributed by atoms with van der Waals surface area (Å²) in [7, 11) is 0. The fraction of sp³-hybridized carbons (Fsp3) is 0. The molecule has 0 saturated carbocycles. The average molecular weight is 261 g/mol. The maximum absolute atomic E-state index is 12.3. The number of benzene rings is 2. The zero-order chi connectivity index (χ0) is 13.9. The summed E-state index contributed by atoms with van der Waals surface area (Å²) in [6, 6.07) is 20.5. The highest BCUT2D eigenvalue weighted by molar-refractivity contribution is 5.66. The van der Waals surface area contributed by atoms with Gasteiger partial charge in [0.25, 0.3) is 5.56 Å². The molecular weight excluding hydrogens is 250 g/mol. The van der Waals surface area contributed by atoms with E-state index in [1.54, 1.807) is 0 Å². The van der Waals surface area contributed by atoms with Gasteiger partial charge in [-0.15, -0.1) is 0 Å². The number of nitrogens with one attached hydrogen (secondary N) is 1. The number of hydrogen-bond acceptors (Lipinski definition) is 2. The second-order valence-electron chi connectivity index (χ2n) is 4.32. The van der Waals surface area contributed by atoms with Crippen LogP contribution in [0.4, 0.5) is 0 Å². The first-order chi connectivity index (χ1) is 9.81. The molecule has 1 N–H and O–H groups in total. The monoisotopic (exact) mass is 261 g/mol. The van der Waals surface area contributed by atoms with Gasteiger partial charge >= 0.3 is 0 Å². The Morgan fingerprint density at radius 3 is 2.15 bits per heavy atom. The van der Waals surface area contributed by atoms with E-state index < -0.39 is 0 Å². The van der Waals surface area contributed by atoms with Gasteiger partial charge in [0.1, 0.15) is 11.6 Å². The minimum atomic E-state index is -0.336. The lowest BCUT2D eigenvalue weighted by molar-refractivity contribution is 0.852. The van der Waals surface area contributed by atoms with Crippen LogP contribution in [-0.2, 0) is 0 Å². The molecule has 1 aromatic heterocycles. The van der Waals surface area contributed by atoms with Gasteiger partial charge in [-0.1, -0.05) is 48.5 Å². The second-order valence-corrected chi connectivity index (χ2v) is 4.32. The molecule has 0 aliphatic heterocycles. The summed E-state index contributed by atoms with van der Waals surface area (Å²) in [6.07, 6.45) is 0. The Hall–Kier alpha value is -3.06. The van der Waals surface area contributed by atoms with Crippen LogP contribution in [0, 0.1) is 11.3 Å². The van der Waals surface area contributed by atoms with Crippen molar-refractivity contribution < 1.29 is 0 Å². The Morgan fingerprint density at radius 2 is 1.55 bits per heavy atom. The van der Waals surface area contributed by atoms with Crippen LogP contribution in [0.2, 0.25) is 0 Å². The molecule has 0 amide bonds. The number of H-pyrrole nitrogens is 1. The predicted octanol–water partition coefficient (Wildman–Crippen LogP) is 2.70. The Kier molecular flexibility index (Phi) is 2.94. The van der Waals surface area contributed by atoms with E-state index >= 15 is 0 Å². The summed E-state index contributed by atoms with van der Waals surface area (Å²) in [4.78, 5) is 12.3. The highest BCUT2D eigenvalue weighted by Crippen LogP contribution is 2.19. The molecule has 20 heavy (non-hydrogen) atoms. The van der Waals surface area contributed by atoms with Crippen LogP contribution in [0.5, 0.6) is 0 Å². The van der Waals surface area contributed by atoms with E-state index in [9.17, 15) is 10.1 Å². The van der Waals surface area contributed by atoms with Gasteiger partial charge in [0.2, 0.25) is 0 Å². The summed E-state index contributed by atoms with van der Waals surface area (Å²) in [5, 5.41) is 12.3. The van der Waals surface area contributed by atoms with Crippen LogP contribution in [-0.4, -0.2) is 9.78 Å². The predicted molar refractivity (Wildman–Crippen MR) is 76.5 cm³/mol. The SMILES string of the molecule is N#Cc1c(-c2ccccc2)[nH]n(-c2ccccc2)c1=O. The van der Waals surface area contributed by atoms with Crippen molar-refractivity contribution in [3.8, 4) is 23.0 Å². The van der Waals surface area contributed by atoms with E-state index in [0.29, 0.717) is 11.4 Å². The highest BCUT2D eigenvalue weighted by atomic mass is 16.1. The van der Waals surface area contributed by atoms with Crippen molar-refractivity contribution in [3.63, 3.8) is 0 Å². The number of nitriles is 1. The van der Waals surface area contributed by atoms with Gasteiger partial charge in [-0.05, 0) is 12.1 Å². The summed E-state index contributed by atoms with van der Waals surface area (Å²) in [5.41, 5.74) is 1.85. The van der Waals surface area contributed by atoms with Gasteiger partial charge in [0.05, 0.1) is 11.4 Å². The van der Waals surface area contributed by atoms with Crippen molar-refractivity contribution in [2.75, 3.05) is 0 Å². The Morgan fingerprint density at radius 1 is 0.950 bits per heavy atom. The van der Waals surface area contributed by atoms with E-state index in [1.807, 2.05) is 66.7 Å². The average Bonchev–Trinajstić information content (AvgIpc) is 2.86. The second kappa shape index (κ2) is 4.90. The summed E-state index contributed by atoms with van der Waals surface area (Å²) in [6.45, 7) is 0. The van der Waals surface area contributed by atoms with Crippen LogP contribution in [0.1, 0.15) is 5.56 Å². The van der Waals surface area contributed by atoms with Gasteiger partial charge in [-0.25, -0.2) is 4.68 Å². The molecule has 3 rings (SSSR count). The van der Waals surface area contributed by atoms with Crippen LogP contribution in [0.3, 0.4) is 0 Å². The van der Waals surface area contributed by atoms with Crippen LogP contribution in [0.25, 0.3) is 16.9 Å². The molecule has 1 heterocycles. The van der Waals surface area contributed by atoms with Crippen LogP contribution >= 0.6 is 0 Å². The third kappa shape index (κ3) is 1.91. The van der Waals surface area contributed by atoms with Crippen molar-refractivity contribution in [3.05, 3.63) is 76.6 Å². The van der Waals surface area contributed by atoms with Gasteiger partial charge in [-0.2, -0.15) is 5.26 Å². The standard InChI is InChI=1S/C16H11N3O/c17-11-14-15(12-7-3-1-4-8-12)18-19(16(14)20)13-9-5-2-6-10-13/h1-10,18H. The quantitative estimate of drug-likeness (QED) is 0.771. The smallest absolute Gasteiger partial charge is 0.289 e. The molecule has 0 aliphatic carbocycles. The molecule has 0 saturated heterocycles. The van der Waals surface area contributed by atoms with Crippen LogP contribution in [0.15, 0.2) is 65.5 Å². The van der Waals surface area contributed by atoms with Crippen molar-refractivity contribution >= 4 is 0 Å². The molecule has 3 aromatic rings. The van der Waals surface area contributed by atoms with Crippen molar-refractivity contribution in [2.45, 2.75) is 0 Å². The van der Waals surface area contributed by atoms with E-state index in [-0.39, 0.29) is 11.1 Å². The number of para-hydroxylation sites is 1. The molecule has 0 aliphatic rings. The number of nitrogens with zero attached hydrogens (tertiary/aromatic N) is 2. The largest absolute Gasteiger partial charge is 0.289 e. The molecule has 96 valence electrons. The van der Waals surface area contributed by atoms with Gasteiger partial charge in [0.15, 0.2) is 0 Å². The normalized spacial score (nSPS) is 10.2. The van der Waals surface area contributed by atoms with Gasteiger partial charge in [0, 0.05) is 5.56 Å². The van der Waals surface area contributed by atoms with Crippen molar-refractivity contribution in [2.24, 2.45) is 0 Å². The molecular formula is C16H11N3O. The zero-order valence-corrected chi connectivity index (χ0v) is 10.6. The Bertz CT molecular complexity index is 824. The molecule has 0 fully saturated rings. The van der Waals surface area contributed by atoms with E-state index in [1.165, 1.54) is 4.68 Å². The van der Waals surface area contributed by atoms with Gasteiger partial charge < -0.3 is 0 Å². The first-order valence-electron chi connectivity index (χ1n) is 6.17. The first kappa shape index (κ1) is 12.0. The van der Waals surface area contributed by atoms with E-state index in [2.05, 4.69) is 5.10 Å². The molecule has 4 nitrogen and oxygen atoms in total. The highest BCUT2D eigenvalue weighted by Gasteiger charge is 2.15. The lowest BCUT2D eigenvalue weighted by Crippen LogP contribution is -2.15. The number of aromatic nitrogens is 2. The minimum absolute atomic E-state index is 0.125. The van der Waals surface area contributed by atoms with Crippen LogP contribution < -0.4 is 5.56 Å². The topological polar surface area (TPSA) is 61.6 Å². The first-order valence-corrected chi connectivity index (χ1v) is 6.17. The van der Waals surface area contributed by atoms with Crippen molar-refractivity contribution in [1.82, 2.24) is 9.78 Å². The van der Waals surface area contributed by atoms with E-state index in [0.717, 1.165) is 5.56 Å². The molecule has 0 bridgehead atoms. The summed E-state index contributed by atoms with van der Waals surface area (Å²) >= 11 is 0. The molecule has 2 aromatic carbocycles. The summed E-state index contributed by atoms with van der Waals surface area (Å²) < 4.78 is 1.39. The van der Waals surface area contributed by atoms with Gasteiger partial charge in [-0.3, -0.25) is 9.89 Å². The van der Waals surface area contributed by atoms with Crippen molar-refractivity contribution in [1.29, 1.82) is 5.26 Å². The minimum Gasteiger partial charge on any atom is -0.289 e. The Labute approximate surface area is 115 Å². The number of aromatic amines is 1. The Balaban J connectivity index is 2.24. The zero-order valence-electron chi connectivity index (χ0n) is 10.6. The lowest BCUT2D eigenvalue weighted by Gasteiger charge is -2.01. The fourth-order valence-electron chi connectivity index (χ4n) is 2.11. The lowest BCUT2D eigenvalue weighted by atomic mass is 10.1. The number of rotatable bonds is 2. The molecule has 0 spiro atoms. The molecule has 4 heteroatoms. The fourth-order valence-corrected chi connectivity index (χ4v) is 2.11. The maximum atomic E-state index is 12.3. The molecule has 0 atom stereocenters. The third-order valence-electron chi connectivity index (χ3n) is 3.08. The van der Waals surface area contributed by atoms with E-state index in [4.69, 9.17) is 0 Å². The summed E-state index contributed by atoms with van der Waals surface area (Å²) in [5.74, 6) is 0. The molecule has 0 unspecified atom stereocenters. The molecule has 0 radical (unpaired) electrons. The maximum Gasteiger partial charge on any atom is 0.289 e. The number of hydrogen-bond donors (Lipinski definition) is 1. The third-order valence-corrected chi connectivity index (χ3v) is 3.08.